The molecule has 0 aliphatic heterocycles. The summed E-state index contributed by atoms with van der Waals surface area (Å²) < 4.78 is 9.93. The van der Waals surface area contributed by atoms with Gasteiger partial charge in [0.1, 0.15) is 6.04 Å². The summed E-state index contributed by atoms with van der Waals surface area (Å²) in [5.41, 5.74) is -0.421. The predicted octanol–water partition coefficient (Wildman–Crippen LogP) is 2.49. The first-order valence-electron chi connectivity index (χ1n) is 6.42. The SMILES string of the molecule is CCCCOC(=O)C(NC(=O)OCC)C(C)(C)C. The highest BCUT2D eigenvalue weighted by atomic mass is 16.6. The minimum atomic E-state index is -0.701. The van der Waals surface area contributed by atoms with Gasteiger partial charge >= 0.3 is 12.1 Å². The van der Waals surface area contributed by atoms with Gasteiger partial charge in [0.25, 0.3) is 0 Å². The van der Waals surface area contributed by atoms with Gasteiger partial charge in [-0.1, -0.05) is 34.1 Å². The van der Waals surface area contributed by atoms with Gasteiger partial charge in [0.2, 0.25) is 0 Å². The highest BCUT2D eigenvalue weighted by Crippen LogP contribution is 2.20. The van der Waals surface area contributed by atoms with E-state index in [1.165, 1.54) is 0 Å². The molecule has 5 nitrogen and oxygen atoms in total. The number of ether oxygens (including phenoxy) is 2. The Bertz CT molecular complexity index is 271. The van der Waals surface area contributed by atoms with Crippen LogP contribution in [0.4, 0.5) is 4.79 Å². The second-order valence-electron chi connectivity index (χ2n) is 5.18. The first kappa shape index (κ1) is 16.7. The van der Waals surface area contributed by atoms with Gasteiger partial charge in [-0.25, -0.2) is 9.59 Å². The van der Waals surface area contributed by atoms with Gasteiger partial charge in [-0.15, -0.1) is 0 Å². The second kappa shape index (κ2) is 7.95. The molecule has 0 fully saturated rings. The smallest absolute Gasteiger partial charge is 0.407 e. The van der Waals surface area contributed by atoms with Crippen molar-refractivity contribution in [2.75, 3.05) is 13.2 Å². The number of esters is 1. The van der Waals surface area contributed by atoms with Crippen LogP contribution in [0.3, 0.4) is 0 Å². The van der Waals surface area contributed by atoms with E-state index in [0.717, 1.165) is 12.8 Å². The molecule has 0 spiro atoms. The molecule has 0 aliphatic carbocycles. The molecule has 0 saturated carbocycles. The topological polar surface area (TPSA) is 64.6 Å². The van der Waals surface area contributed by atoms with Crippen molar-refractivity contribution in [3.63, 3.8) is 0 Å². The van der Waals surface area contributed by atoms with E-state index in [-0.39, 0.29) is 6.61 Å². The fraction of sp³-hybridized carbons (Fsp3) is 0.846. The maximum absolute atomic E-state index is 11.9. The molecule has 0 heterocycles. The number of carbonyl (C=O) groups excluding carboxylic acids is 2. The molecular formula is C13H25NO4. The van der Waals surface area contributed by atoms with Crippen LogP contribution < -0.4 is 5.32 Å². The van der Waals surface area contributed by atoms with E-state index < -0.39 is 23.5 Å². The zero-order valence-corrected chi connectivity index (χ0v) is 12.0. The minimum Gasteiger partial charge on any atom is -0.464 e. The molecule has 1 amide bonds. The largest absolute Gasteiger partial charge is 0.464 e. The van der Waals surface area contributed by atoms with Crippen LogP contribution in [0, 0.1) is 5.41 Å². The van der Waals surface area contributed by atoms with Gasteiger partial charge < -0.3 is 14.8 Å². The number of carbonyl (C=O) groups is 2. The molecule has 0 radical (unpaired) electrons. The van der Waals surface area contributed by atoms with E-state index in [1.54, 1.807) is 6.92 Å². The highest BCUT2D eigenvalue weighted by Gasteiger charge is 2.34. The molecule has 0 saturated heterocycles. The molecule has 0 aromatic carbocycles. The summed E-state index contributed by atoms with van der Waals surface area (Å²) in [5, 5.41) is 2.55. The lowest BCUT2D eigenvalue weighted by Crippen LogP contribution is -2.50. The molecule has 1 atom stereocenters. The van der Waals surface area contributed by atoms with Crippen LogP contribution >= 0.6 is 0 Å². The van der Waals surface area contributed by atoms with E-state index in [0.29, 0.717) is 6.61 Å². The van der Waals surface area contributed by atoms with Crippen molar-refractivity contribution in [1.29, 1.82) is 0 Å². The molecule has 1 N–H and O–H groups in total. The number of hydrogen-bond donors (Lipinski definition) is 1. The summed E-state index contributed by atoms with van der Waals surface area (Å²) in [4.78, 5) is 23.3. The Labute approximate surface area is 109 Å². The average Bonchev–Trinajstić information content (AvgIpc) is 2.25. The lowest BCUT2D eigenvalue weighted by Gasteiger charge is -2.29. The molecular weight excluding hydrogens is 234 g/mol. The van der Waals surface area contributed by atoms with Gasteiger partial charge in [0.15, 0.2) is 0 Å². The molecule has 0 aromatic rings. The standard InChI is InChI=1S/C13H25NO4/c1-6-8-9-18-11(15)10(13(3,4)5)14-12(16)17-7-2/h10H,6-9H2,1-5H3,(H,14,16). The average molecular weight is 259 g/mol. The molecule has 18 heavy (non-hydrogen) atoms. The Hall–Kier alpha value is -1.26. The van der Waals surface area contributed by atoms with Crippen molar-refractivity contribution in [1.82, 2.24) is 5.32 Å². The van der Waals surface area contributed by atoms with Crippen LogP contribution in [-0.4, -0.2) is 31.3 Å². The van der Waals surface area contributed by atoms with E-state index in [4.69, 9.17) is 9.47 Å². The molecule has 5 heteroatoms. The van der Waals surface area contributed by atoms with Gasteiger partial charge in [0.05, 0.1) is 13.2 Å². The Morgan fingerprint density at radius 1 is 1.17 bits per heavy atom. The fourth-order valence-corrected chi connectivity index (χ4v) is 1.32. The maximum Gasteiger partial charge on any atom is 0.407 e. The van der Waals surface area contributed by atoms with E-state index in [1.807, 2.05) is 27.7 Å². The van der Waals surface area contributed by atoms with Crippen molar-refractivity contribution < 1.29 is 19.1 Å². The number of unbranched alkanes of at least 4 members (excludes halogenated alkanes) is 1. The maximum atomic E-state index is 11.9. The summed E-state index contributed by atoms with van der Waals surface area (Å²) in [7, 11) is 0. The third-order valence-electron chi connectivity index (χ3n) is 2.38. The second-order valence-corrected chi connectivity index (χ2v) is 5.18. The van der Waals surface area contributed by atoms with Crippen LogP contribution in [-0.2, 0) is 14.3 Å². The van der Waals surface area contributed by atoms with Crippen molar-refractivity contribution in [3.8, 4) is 0 Å². The van der Waals surface area contributed by atoms with Crippen LogP contribution in [0.25, 0.3) is 0 Å². The van der Waals surface area contributed by atoms with E-state index >= 15 is 0 Å². The van der Waals surface area contributed by atoms with Gasteiger partial charge in [0, 0.05) is 0 Å². The third kappa shape index (κ3) is 6.47. The number of rotatable bonds is 6. The molecule has 0 rings (SSSR count). The zero-order chi connectivity index (χ0) is 14.2. The number of alkyl carbamates (subject to hydrolysis) is 1. The number of hydrogen-bond acceptors (Lipinski definition) is 4. The van der Waals surface area contributed by atoms with Gasteiger partial charge in [-0.05, 0) is 18.8 Å². The van der Waals surface area contributed by atoms with Gasteiger partial charge in [-0.3, -0.25) is 0 Å². The highest BCUT2D eigenvalue weighted by molar-refractivity contribution is 5.82. The predicted molar refractivity (Wildman–Crippen MR) is 69.3 cm³/mol. The van der Waals surface area contributed by atoms with Crippen LogP contribution in [0.1, 0.15) is 47.5 Å². The molecule has 106 valence electrons. The first-order valence-corrected chi connectivity index (χ1v) is 6.42. The Kier molecular flexibility index (Phi) is 7.39. The quantitative estimate of drug-likeness (QED) is 0.588. The van der Waals surface area contributed by atoms with Crippen LogP contribution in [0.15, 0.2) is 0 Å². The van der Waals surface area contributed by atoms with Crippen molar-refractivity contribution in [2.24, 2.45) is 5.41 Å². The van der Waals surface area contributed by atoms with Crippen molar-refractivity contribution in [2.45, 2.75) is 53.5 Å². The number of nitrogens with one attached hydrogen (secondary N) is 1. The lowest BCUT2D eigenvalue weighted by atomic mass is 9.87. The molecule has 0 aliphatic rings. The summed E-state index contributed by atoms with van der Waals surface area (Å²) >= 11 is 0. The Balaban J connectivity index is 4.49. The minimum absolute atomic E-state index is 0.271. The molecule has 0 bridgehead atoms. The fourth-order valence-electron chi connectivity index (χ4n) is 1.32. The van der Waals surface area contributed by atoms with Crippen LogP contribution in [0.5, 0.6) is 0 Å². The first-order chi connectivity index (χ1) is 8.32. The van der Waals surface area contributed by atoms with E-state index in [2.05, 4.69) is 5.32 Å². The summed E-state index contributed by atoms with van der Waals surface area (Å²) in [6.45, 7) is 9.98. The lowest BCUT2D eigenvalue weighted by molar-refractivity contribution is -0.149. The zero-order valence-electron chi connectivity index (χ0n) is 12.0. The Morgan fingerprint density at radius 2 is 1.78 bits per heavy atom. The third-order valence-corrected chi connectivity index (χ3v) is 2.38. The van der Waals surface area contributed by atoms with Gasteiger partial charge in [-0.2, -0.15) is 0 Å². The number of amides is 1. The Morgan fingerprint density at radius 3 is 2.22 bits per heavy atom. The van der Waals surface area contributed by atoms with Crippen molar-refractivity contribution >= 4 is 12.1 Å². The summed E-state index contributed by atoms with van der Waals surface area (Å²) in [6, 6.07) is -0.701. The monoisotopic (exact) mass is 259 g/mol. The molecule has 1 unspecified atom stereocenters. The van der Waals surface area contributed by atoms with E-state index in [9.17, 15) is 9.59 Å². The van der Waals surface area contributed by atoms with Crippen molar-refractivity contribution in [3.05, 3.63) is 0 Å². The summed E-state index contributed by atoms with van der Waals surface area (Å²) in [6.07, 6.45) is 1.19. The summed E-state index contributed by atoms with van der Waals surface area (Å²) in [5.74, 6) is -0.413. The molecule has 0 aromatic heterocycles. The van der Waals surface area contributed by atoms with Crippen LogP contribution in [0.2, 0.25) is 0 Å². The normalized spacial score (nSPS) is 12.7.